The van der Waals surface area contributed by atoms with Crippen LogP contribution in [0.15, 0.2) is 121 Å². The molecule has 2 aliphatic heterocycles. The number of ether oxygens (including phenoxy) is 11. The Morgan fingerprint density at radius 3 is 1.17 bits per heavy atom. The third-order valence-corrected chi connectivity index (χ3v) is 9.89. The molecule has 0 aromatic heterocycles. The summed E-state index contributed by atoms with van der Waals surface area (Å²) < 4.78 is 64.8. The molecule has 2 fully saturated rings. The summed E-state index contributed by atoms with van der Waals surface area (Å²) in [7, 11) is 1.23. The molecule has 65 heavy (non-hydrogen) atoms. The Balaban J connectivity index is 1.43. The highest BCUT2D eigenvalue weighted by atomic mass is 16.8. The lowest BCUT2D eigenvalue weighted by atomic mass is 9.97. The quantitative estimate of drug-likeness (QED) is 0.112. The van der Waals surface area contributed by atoms with Crippen molar-refractivity contribution < 1.29 is 85.7 Å². The maximum atomic E-state index is 14.0. The SMILES string of the molecule is CO[C@H]1OC(CO[C@@H]2OC(COC(=O)c3ccccc3)[C@@H](OC(=O)c3ccccc3)[C@H](OC(=O)c3ccccc3)C2OC(=O)c2ccccc2)[C@@H](OC(C)=O)[C@H](OC(C)=O)C1OC(C)=O. The number of carbonyl (C=O) groups excluding carboxylic acids is 7. The van der Waals surface area contributed by atoms with E-state index in [2.05, 4.69) is 0 Å². The average Bonchev–Trinajstić information content (AvgIpc) is 3.31. The van der Waals surface area contributed by atoms with E-state index in [-0.39, 0.29) is 22.3 Å². The van der Waals surface area contributed by atoms with Crippen molar-refractivity contribution in [3.63, 3.8) is 0 Å². The van der Waals surface area contributed by atoms with E-state index in [9.17, 15) is 33.6 Å². The molecule has 0 radical (unpaired) electrons. The summed E-state index contributed by atoms with van der Waals surface area (Å²) >= 11 is 0. The van der Waals surface area contributed by atoms with Crippen LogP contribution in [0.25, 0.3) is 0 Å². The highest BCUT2D eigenvalue weighted by molar-refractivity contribution is 5.91. The van der Waals surface area contributed by atoms with Gasteiger partial charge in [-0.2, -0.15) is 0 Å². The van der Waals surface area contributed by atoms with E-state index >= 15 is 0 Å². The highest BCUT2D eigenvalue weighted by Gasteiger charge is 2.56. The van der Waals surface area contributed by atoms with Gasteiger partial charge in [-0.05, 0) is 48.5 Å². The first kappa shape index (κ1) is 47.5. The summed E-state index contributed by atoms with van der Waals surface area (Å²) in [5.41, 5.74) is 0.382. The largest absolute Gasteiger partial charge is 0.459 e. The van der Waals surface area contributed by atoms with Crippen molar-refractivity contribution in [3.8, 4) is 0 Å². The Bertz CT molecular complexity index is 2260. The van der Waals surface area contributed by atoms with Crippen LogP contribution in [-0.4, -0.2) is 124 Å². The van der Waals surface area contributed by atoms with E-state index in [4.69, 9.17) is 52.1 Å². The van der Waals surface area contributed by atoms with Gasteiger partial charge in [0.15, 0.2) is 49.2 Å². The molecule has 2 aliphatic rings. The lowest BCUT2D eigenvalue weighted by Crippen LogP contribution is -2.65. The smallest absolute Gasteiger partial charge is 0.338 e. The fourth-order valence-corrected chi connectivity index (χ4v) is 7.03. The van der Waals surface area contributed by atoms with Gasteiger partial charge in [0.2, 0.25) is 0 Å². The van der Waals surface area contributed by atoms with Gasteiger partial charge < -0.3 is 52.1 Å². The molecule has 342 valence electrons. The Morgan fingerprint density at radius 2 is 0.723 bits per heavy atom. The van der Waals surface area contributed by atoms with Gasteiger partial charge in [-0.1, -0.05) is 72.8 Å². The van der Waals surface area contributed by atoms with Crippen LogP contribution in [-0.2, 0) is 66.5 Å². The number of esters is 7. The van der Waals surface area contributed by atoms with Crippen molar-refractivity contribution >= 4 is 41.8 Å². The van der Waals surface area contributed by atoms with Gasteiger partial charge in [-0.25, -0.2) is 19.2 Å². The van der Waals surface area contributed by atoms with Crippen molar-refractivity contribution in [2.24, 2.45) is 0 Å². The minimum Gasteiger partial charge on any atom is -0.459 e. The maximum absolute atomic E-state index is 14.0. The Labute approximate surface area is 372 Å². The molecule has 0 N–H and O–H groups in total. The zero-order valence-corrected chi connectivity index (χ0v) is 35.6. The fourth-order valence-electron chi connectivity index (χ4n) is 7.03. The molecule has 18 nitrogen and oxygen atoms in total. The molecular weight excluding hydrogens is 852 g/mol. The number of hydrogen-bond donors (Lipinski definition) is 0. The van der Waals surface area contributed by atoms with Crippen molar-refractivity contribution in [1.29, 1.82) is 0 Å². The lowest BCUT2D eigenvalue weighted by molar-refractivity contribution is -0.329. The first-order valence-corrected chi connectivity index (χ1v) is 20.3. The van der Waals surface area contributed by atoms with E-state index in [0.29, 0.717) is 0 Å². The van der Waals surface area contributed by atoms with E-state index in [1.165, 1.54) is 55.6 Å². The molecule has 4 unspecified atom stereocenters. The van der Waals surface area contributed by atoms with Gasteiger partial charge in [-0.15, -0.1) is 0 Å². The number of rotatable bonds is 16. The topological polar surface area (TPSA) is 221 Å². The van der Waals surface area contributed by atoms with Crippen LogP contribution >= 0.6 is 0 Å². The third-order valence-electron chi connectivity index (χ3n) is 9.89. The second-order valence-electron chi connectivity index (χ2n) is 14.5. The average molecular weight is 899 g/mol. The molecule has 2 heterocycles. The summed E-state index contributed by atoms with van der Waals surface area (Å²) in [6.07, 6.45) is -15.8. The van der Waals surface area contributed by atoms with Crippen molar-refractivity contribution in [1.82, 2.24) is 0 Å². The second kappa shape index (κ2) is 22.6. The minimum absolute atomic E-state index is 0.0605. The molecule has 0 aliphatic carbocycles. The van der Waals surface area contributed by atoms with Crippen LogP contribution in [0.5, 0.6) is 0 Å². The van der Waals surface area contributed by atoms with E-state index in [1.54, 1.807) is 72.8 Å². The summed E-state index contributed by atoms with van der Waals surface area (Å²) in [5, 5.41) is 0. The predicted octanol–water partition coefficient (Wildman–Crippen LogP) is 4.43. The fraction of sp³-hybridized carbons (Fsp3) is 0.340. The minimum atomic E-state index is -1.79. The molecule has 10 atom stereocenters. The monoisotopic (exact) mass is 898 g/mol. The molecular formula is C47H46O18. The summed E-state index contributed by atoms with van der Waals surface area (Å²) in [5.74, 6) is -6.07. The van der Waals surface area contributed by atoms with E-state index < -0.39 is 116 Å². The number of carbonyl (C=O) groups is 7. The molecule has 0 amide bonds. The molecule has 6 rings (SSSR count). The van der Waals surface area contributed by atoms with Gasteiger partial charge in [0, 0.05) is 27.9 Å². The molecule has 0 saturated carbocycles. The van der Waals surface area contributed by atoms with Crippen molar-refractivity contribution in [2.75, 3.05) is 20.3 Å². The van der Waals surface area contributed by atoms with Crippen LogP contribution in [0, 0.1) is 0 Å². The maximum Gasteiger partial charge on any atom is 0.338 e. The van der Waals surface area contributed by atoms with Gasteiger partial charge in [0.1, 0.15) is 18.8 Å². The van der Waals surface area contributed by atoms with Crippen molar-refractivity contribution in [2.45, 2.75) is 82.2 Å². The number of methoxy groups -OCH3 is 1. The Hall–Kier alpha value is -6.99. The van der Waals surface area contributed by atoms with Crippen LogP contribution in [0.4, 0.5) is 0 Å². The first-order chi connectivity index (χ1) is 31.3. The second-order valence-corrected chi connectivity index (χ2v) is 14.5. The summed E-state index contributed by atoms with van der Waals surface area (Å²) in [4.78, 5) is 92.3. The van der Waals surface area contributed by atoms with Gasteiger partial charge in [-0.3, -0.25) is 14.4 Å². The first-order valence-electron chi connectivity index (χ1n) is 20.3. The van der Waals surface area contributed by atoms with Gasteiger partial charge in [0.05, 0.1) is 28.9 Å². The zero-order valence-electron chi connectivity index (χ0n) is 35.6. The Morgan fingerprint density at radius 1 is 0.400 bits per heavy atom. The molecule has 18 heteroatoms. The highest BCUT2D eigenvalue weighted by Crippen LogP contribution is 2.34. The predicted molar refractivity (Wildman–Crippen MR) is 221 cm³/mol. The summed E-state index contributed by atoms with van der Waals surface area (Å²) in [6.45, 7) is 1.99. The molecule has 4 aromatic carbocycles. The number of hydrogen-bond acceptors (Lipinski definition) is 18. The van der Waals surface area contributed by atoms with E-state index in [0.717, 1.165) is 20.8 Å². The molecule has 2 saturated heterocycles. The normalized spacial score (nSPS) is 24.9. The summed E-state index contributed by atoms with van der Waals surface area (Å²) in [6, 6.07) is 31.3. The lowest BCUT2D eigenvalue weighted by Gasteiger charge is -2.46. The van der Waals surface area contributed by atoms with Gasteiger partial charge in [0.25, 0.3) is 0 Å². The van der Waals surface area contributed by atoms with Gasteiger partial charge >= 0.3 is 41.8 Å². The van der Waals surface area contributed by atoms with Crippen molar-refractivity contribution in [3.05, 3.63) is 144 Å². The van der Waals surface area contributed by atoms with Crippen LogP contribution in [0.2, 0.25) is 0 Å². The Kier molecular flexibility index (Phi) is 16.5. The third kappa shape index (κ3) is 12.6. The van der Waals surface area contributed by atoms with Crippen LogP contribution in [0.3, 0.4) is 0 Å². The standard InChI is InChI=1S/C47H46O18/c1-27(48)58-36-35(61-46(55-4)40(60-29(3)50)38(36)59-28(2)49)26-57-47-41(65-45(54)33-23-15-8-16-24-33)39(64-44(53)32-21-13-7-14-22-32)37(63-43(52)31-19-11-6-12-20-31)34(62-47)25-56-42(51)30-17-9-5-10-18-30/h5-24,34-41,46-47H,25-26H2,1-4H3/t34?,35?,36-,37-,38+,39+,40?,41?,46+,47-/m1/s1. The molecule has 0 bridgehead atoms. The zero-order chi connectivity index (χ0) is 46.5. The number of benzene rings is 4. The van der Waals surface area contributed by atoms with E-state index in [1.807, 2.05) is 0 Å². The van der Waals surface area contributed by atoms with Crippen LogP contribution in [0.1, 0.15) is 62.2 Å². The molecule has 4 aromatic rings. The molecule has 0 spiro atoms. The van der Waals surface area contributed by atoms with Crippen LogP contribution < -0.4 is 0 Å².